The molecule has 1 amide bonds. The van der Waals surface area contributed by atoms with E-state index in [9.17, 15) is 9.59 Å². The Balaban J connectivity index is 2.01. The van der Waals surface area contributed by atoms with Gasteiger partial charge in [0.1, 0.15) is 11.5 Å². The monoisotopic (exact) mass is 223 g/mol. The number of ether oxygens (including phenoxy) is 1. The van der Waals surface area contributed by atoms with Crippen LogP contribution in [0.25, 0.3) is 0 Å². The molecule has 2 rings (SSSR count). The minimum Gasteiger partial charge on any atom is -0.444 e. The number of fused-ring (bicyclic) bond motifs is 2. The summed E-state index contributed by atoms with van der Waals surface area (Å²) < 4.78 is 5.32. The number of amides is 1. The smallest absolute Gasteiger partial charge is 0.410 e. The fraction of sp³-hybridized carbons (Fsp3) is 0.750. The van der Waals surface area contributed by atoms with Gasteiger partial charge in [-0.2, -0.15) is 0 Å². The molecule has 4 nitrogen and oxygen atoms in total. The molecule has 0 aromatic rings. The zero-order valence-electron chi connectivity index (χ0n) is 9.95. The van der Waals surface area contributed by atoms with Gasteiger partial charge >= 0.3 is 6.09 Å². The van der Waals surface area contributed by atoms with Crippen molar-refractivity contribution in [3.05, 3.63) is 5.57 Å². The maximum absolute atomic E-state index is 11.8. The van der Waals surface area contributed by atoms with Crippen LogP contribution >= 0.6 is 0 Å². The van der Waals surface area contributed by atoms with E-state index in [0.717, 1.165) is 12.0 Å². The second-order valence-electron chi connectivity index (χ2n) is 5.55. The van der Waals surface area contributed by atoms with E-state index >= 15 is 0 Å². The first kappa shape index (κ1) is 11.2. The number of carbonyl (C=O) groups is 1. The van der Waals surface area contributed by atoms with Gasteiger partial charge in [-0.05, 0) is 27.2 Å². The van der Waals surface area contributed by atoms with Crippen molar-refractivity contribution in [1.29, 1.82) is 0 Å². The van der Waals surface area contributed by atoms with E-state index in [1.807, 2.05) is 26.7 Å². The molecular formula is C12H17NO3. The van der Waals surface area contributed by atoms with E-state index in [1.54, 1.807) is 4.90 Å². The SMILES string of the molecule is CC(C)(C)OC(=O)N1CC2CC1CC2=C=O. The molecule has 16 heavy (non-hydrogen) atoms. The van der Waals surface area contributed by atoms with Gasteiger partial charge < -0.3 is 9.64 Å². The quantitative estimate of drug-likeness (QED) is 0.588. The maximum Gasteiger partial charge on any atom is 0.410 e. The van der Waals surface area contributed by atoms with Gasteiger partial charge in [-0.25, -0.2) is 9.59 Å². The first-order chi connectivity index (χ1) is 7.40. The Morgan fingerprint density at radius 2 is 2.19 bits per heavy atom. The predicted octanol–water partition coefficient (Wildman–Crippen LogP) is 1.77. The molecule has 2 unspecified atom stereocenters. The molecule has 2 fully saturated rings. The number of carbonyl (C=O) groups excluding carboxylic acids is 2. The summed E-state index contributed by atoms with van der Waals surface area (Å²) in [4.78, 5) is 24.2. The highest BCUT2D eigenvalue weighted by atomic mass is 16.6. The summed E-state index contributed by atoms with van der Waals surface area (Å²) in [5.41, 5.74) is 0.382. The molecule has 2 bridgehead atoms. The van der Waals surface area contributed by atoms with Crippen molar-refractivity contribution in [2.24, 2.45) is 5.92 Å². The van der Waals surface area contributed by atoms with Crippen molar-refractivity contribution in [1.82, 2.24) is 4.90 Å². The van der Waals surface area contributed by atoms with Gasteiger partial charge in [-0.1, -0.05) is 0 Å². The van der Waals surface area contributed by atoms with E-state index < -0.39 is 5.60 Å². The van der Waals surface area contributed by atoms with Crippen LogP contribution in [-0.2, 0) is 9.53 Å². The van der Waals surface area contributed by atoms with Gasteiger partial charge in [-0.15, -0.1) is 0 Å². The Kier molecular flexibility index (Phi) is 2.55. The Morgan fingerprint density at radius 3 is 2.62 bits per heavy atom. The predicted molar refractivity (Wildman–Crippen MR) is 58.7 cm³/mol. The summed E-state index contributed by atoms with van der Waals surface area (Å²) in [5, 5.41) is 0. The number of rotatable bonds is 0. The van der Waals surface area contributed by atoms with Crippen molar-refractivity contribution < 1.29 is 14.3 Å². The summed E-state index contributed by atoms with van der Waals surface area (Å²) in [6, 6.07) is 0.149. The van der Waals surface area contributed by atoms with Gasteiger partial charge in [0.2, 0.25) is 0 Å². The lowest BCUT2D eigenvalue weighted by Gasteiger charge is -2.30. The lowest BCUT2D eigenvalue weighted by molar-refractivity contribution is 0.0210. The van der Waals surface area contributed by atoms with Gasteiger partial charge in [0.15, 0.2) is 0 Å². The molecule has 2 aliphatic rings. The van der Waals surface area contributed by atoms with Gasteiger partial charge in [0.25, 0.3) is 0 Å². The van der Waals surface area contributed by atoms with Crippen LogP contribution in [0.15, 0.2) is 5.57 Å². The second-order valence-corrected chi connectivity index (χ2v) is 5.55. The van der Waals surface area contributed by atoms with Crippen LogP contribution in [0, 0.1) is 5.92 Å². The molecule has 1 aliphatic heterocycles. The molecule has 2 atom stereocenters. The molecule has 0 spiro atoms. The molecule has 88 valence electrons. The highest BCUT2D eigenvalue weighted by molar-refractivity contribution is 5.70. The van der Waals surface area contributed by atoms with Gasteiger partial charge in [0.05, 0.1) is 0 Å². The third kappa shape index (κ3) is 1.98. The lowest BCUT2D eigenvalue weighted by Crippen LogP contribution is -2.41. The molecule has 0 radical (unpaired) electrons. The maximum atomic E-state index is 11.8. The molecular weight excluding hydrogens is 206 g/mol. The van der Waals surface area contributed by atoms with E-state index in [4.69, 9.17) is 4.74 Å². The first-order valence-electron chi connectivity index (χ1n) is 5.64. The summed E-state index contributed by atoms with van der Waals surface area (Å²) in [7, 11) is 0. The molecule has 1 saturated carbocycles. The van der Waals surface area contributed by atoms with Crippen molar-refractivity contribution in [2.75, 3.05) is 6.54 Å². The number of hydrogen-bond donors (Lipinski definition) is 0. The van der Waals surface area contributed by atoms with E-state index in [-0.39, 0.29) is 18.1 Å². The van der Waals surface area contributed by atoms with Crippen LogP contribution in [0.2, 0.25) is 0 Å². The third-order valence-corrected chi connectivity index (χ3v) is 3.12. The fourth-order valence-corrected chi connectivity index (χ4v) is 2.45. The van der Waals surface area contributed by atoms with Crippen molar-refractivity contribution in [2.45, 2.75) is 45.3 Å². The summed E-state index contributed by atoms with van der Waals surface area (Å²) in [6.07, 6.45) is 1.31. The number of piperidine rings is 1. The minimum absolute atomic E-state index is 0.149. The average molecular weight is 223 g/mol. The van der Waals surface area contributed by atoms with Crippen LogP contribution in [-0.4, -0.2) is 35.1 Å². The Labute approximate surface area is 95.2 Å². The summed E-state index contributed by atoms with van der Waals surface area (Å²) in [5.74, 6) is 2.21. The zero-order chi connectivity index (χ0) is 11.9. The molecule has 0 N–H and O–H groups in total. The topological polar surface area (TPSA) is 46.6 Å². The first-order valence-corrected chi connectivity index (χ1v) is 5.64. The van der Waals surface area contributed by atoms with E-state index in [2.05, 4.69) is 0 Å². The minimum atomic E-state index is -0.456. The molecule has 4 heteroatoms. The number of likely N-dealkylation sites (tertiary alicyclic amines) is 1. The normalized spacial score (nSPS) is 28.2. The molecule has 1 saturated heterocycles. The van der Waals surface area contributed by atoms with E-state index in [0.29, 0.717) is 13.0 Å². The Bertz CT molecular complexity index is 363. The Hall–Kier alpha value is -1.28. The summed E-state index contributed by atoms with van der Waals surface area (Å²) >= 11 is 0. The molecule has 1 aliphatic carbocycles. The number of hydrogen-bond acceptors (Lipinski definition) is 3. The number of nitrogens with zero attached hydrogens (tertiary/aromatic N) is 1. The van der Waals surface area contributed by atoms with Crippen molar-refractivity contribution in [3.8, 4) is 0 Å². The van der Waals surface area contributed by atoms with E-state index in [1.165, 1.54) is 0 Å². The molecule has 0 aromatic heterocycles. The average Bonchev–Trinajstić information content (AvgIpc) is 2.72. The second kappa shape index (κ2) is 3.63. The highest BCUT2D eigenvalue weighted by Gasteiger charge is 2.45. The van der Waals surface area contributed by atoms with Crippen LogP contribution in [0.5, 0.6) is 0 Å². The largest absolute Gasteiger partial charge is 0.444 e. The Morgan fingerprint density at radius 1 is 1.50 bits per heavy atom. The lowest BCUT2D eigenvalue weighted by atomic mass is 10.0. The zero-order valence-corrected chi connectivity index (χ0v) is 9.95. The summed E-state index contributed by atoms with van der Waals surface area (Å²) in [6.45, 7) is 6.19. The standard InChI is InChI=1S/C12H17NO3/c1-12(2,3)16-11(15)13-6-8-4-10(13)5-9(8)7-14/h8,10H,4-6H2,1-3H3. The molecule has 0 aromatic carbocycles. The van der Waals surface area contributed by atoms with Crippen LogP contribution in [0.1, 0.15) is 33.6 Å². The fourth-order valence-electron chi connectivity index (χ4n) is 2.45. The van der Waals surface area contributed by atoms with Crippen LogP contribution in [0.4, 0.5) is 4.79 Å². The highest BCUT2D eigenvalue weighted by Crippen LogP contribution is 2.40. The van der Waals surface area contributed by atoms with Gasteiger partial charge in [-0.3, -0.25) is 0 Å². The molecule has 1 heterocycles. The van der Waals surface area contributed by atoms with Crippen LogP contribution < -0.4 is 0 Å². The van der Waals surface area contributed by atoms with Gasteiger partial charge in [0, 0.05) is 30.5 Å². The van der Waals surface area contributed by atoms with Crippen molar-refractivity contribution in [3.63, 3.8) is 0 Å². The third-order valence-electron chi connectivity index (χ3n) is 3.12. The van der Waals surface area contributed by atoms with Crippen molar-refractivity contribution >= 4 is 12.0 Å². The van der Waals surface area contributed by atoms with Crippen LogP contribution in [0.3, 0.4) is 0 Å².